The van der Waals surface area contributed by atoms with Crippen LogP contribution in [0.25, 0.3) is 0 Å². The molecule has 9 N–H and O–H groups in total. The summed E-state index contributed by atoms with van der Waals surface area (Å²) >= 11 is 0. The molecule has 4 atom stereocenters. The minimum Gasteiger partial charge on any atom is -0.480 e. The van der Waals surface area contributed by atoms with E-state index in [2.05, 4.69) is 15.5 Å². The lowest BCUT2D eigenvalue weighted by molar-refractivity contribution is -0.141. The molecule has 0 aromatic carbocycles. The molecular weight excluding hydrogens is 340 g/mol. The number of urea groups is 1. The maximum Gasteiger partial charge on any atom is 0.328 e. The van der Waals surface area contributed by atoms with Crippen molar-refractivity contribution < 1.29 is 34.2 Å². The van der Waals surface area contributed by atoms with Crippen molar-refractivity contribution in [2.75, 3.05) is 6.61 Å². The van der Waals surface area contributed by atoms with E-state index in [0.717, 1.165) is 0 Å². The van der Waals surface area contributed by atoms with Gasteiger partial charge in [-0.3, -0.25) is 4.79 Å². The first kappa shape index (κ1) is 20.3. The number of hydrogen-bond acceptors (Lipinski definition) is 9. The molecule has 0 saturated carbocycles. The Kier molecular flexibility index (Phi) is 7.22. The molecule has 1 aromatic heterocycles. The Bertz CT molecular complexity index is 619. The van der Waals surface area contributed by atoms with Gasteiger partial charge in [-0.15, -0.1) is 0 Å². The van der Waals surface area contributed by atoms with Crippen LogP contribution in [0.2, 0.25) is 0 Å². The van der Waals surface area contributed by atoms with Gasteiger partial charge < -0.3 is 41.9 Å². The van der Waals surface area contributed by atoms with Crippen molar-refractivity contribution in [1.29, 1.82) is 0 Å². The number of aliphatic hydroxyl groups excluding tert-OH is 2. The Morgan fingerprint density at radius 3 is 2.44 bits per heavy atom. The normalized spacial score (nSPS) is 15.7. The highest BCUT2D eigenvalue weighted by Crippen LogP contribution is 2.16. The van der Waals surface area contributed by atoms with Gasteiger partial charge >= 0.3 is 12.0 Å². The van der Waals surface area contributed by atoms with Crippen molar-refractivity contribution in [3.05, 3.63) is 11.7 Å². The third-order valence-electron chi connectivity index (χ3n) is 3.03. The number of hydrogen-bond donors (Lipinski definition) is 7. The van der Waals surface area contributed by atoms with E-state index in [-0.39, 0.29) is 11.7 Å². The number of carbonyl (C=O) groups is 3. The standard InChI is InChI=1S/C12H20N6O7/c1-4(20)8(11(22)23)16-12(24)15-6(2-7(14)21)9-17-10(25-18-9)5(13)3-19/h4-6,8,19-20H,2-3,13H2,1H3,(H2,14,21)(H,22,23)(H2,15,16,24)/t4?,5-,6-,8?/m0/s1. The molecular formula is C12H20N6O7. The Morgan fingerprint density at radius 2 is 1.96 bits per heavy atom. The number of aliphatic carboxylic acids is 1. The molecule has 2 unspecified atom stereocenters. The molecule has 3 amide bonds. The molecule has 13 heteroatoms. The predicted octanol–water partition coefficient (Wildman–Crippen LogP) is -2.89. The molecule has 140 valence electrons. The SMILES string of the molecule is CC(O)C(NC(=O)N[C@@H](CC(N)=O)c1noc([C@@H](N)CO)n1)C(=O)O. The van der Waals surface area contributed by atoms with E-state index in [0.29, 0.717) is 0 Å². The smallest absolute Gasteiger partial charge is 0.328 e. The monoisotopic (exact) mass is 360 g/mol. The summed E-state index contributed by atoms with van der Waals surface area (Å²) in [6.07, 6.45) is -1.77. The fraction of sp³-hybridized carbons (Fsp3) is 0.583. The van der Waals surface area contributed by atoms with Gasteiger partial charge in [-0.1, -0.05) is 5.16 Å². The molecule has 1 heterocycles. The number of primary amides is 1. The molecule has 0 spiro atoms. The first-order valence-corrected chi connectivity index (χ1v) is 7.11. The van der Waals surface area contributed by atoms with Gasteiger partial charge in [-0.2, -0.15) is 4.98 Å². The Morgan fingerprint density at radius 1 is 1.32 bits per heavy atom. The van der Waals surface area contributed by atoms with Crippen LogP contribution in [0.4, 0.5) is 4.79 Å². The van der Waals surface area contributed by atoms with Crippen molar-refractivity contribution in [3.8, 4) is 0 Å². The minimum absolute atomic E-state index is 0.124. The summed E-state index contributed by atoms with van der Waals surface area (Å²) in [4.78, 5) is 37.9. The van der Waals surface area contributed by atoms with Crippen LogP contribution in [0.1, 0.15) is 37.1 Å². The van der Waals surface area contributed by atoms with E-state index < -0.39 is 55.2 Å². The van der Waals surface area contributed by atoms with Gasteiger partial charge in [0.2, 0.25) is 11.8 Å². The van der Waals surface area contributed by atoms with Crippen LogP contribution in [0, 0.1) is 0 Å². The van der Waals surface area contributed by atoms with E-state index >= 15 is 0 Å². The molecule has 1 rings (SSSR count). The van der Waals surface area contributed by atoms with Crippen LogP contribution in [0.5, 0.6) is 0 Å². The summed E-state index contributed by atoms with van der Waals surface area (Å²) in [5.41, 5.74) is 10.6. The summed E-state index contributed by atoms with van der Waals surface area (Å²) < 4.78 is 4.81. The largest absolute Gasteiger partial charge is 0.480 e. The van der Waals surface area contributed by atoms with Gasteiger partial charge in [0, 0.05) is 0 Å². The number of carboxylic acids is 1. The molecule has 13 nitrogen and oxygen atoms in total. The summed E-state index contributed by atoms with van der Waals surface area (Å²) in [6.45, 7) is 0.715. The second-order valence-electron chi connectivity index (χ2n) is 5.18. The number of nitrogens with one attached hydrogen (secondary N) is 2. The number of nitrogens with two attached hydrogens (primary N) is 2. The fourth-order valence-corrected chi connectivity index (χ4v) is 1.76. The Balaban J connectivity index is 2.89. The average Bonchev–Trinajstić information content (AvgIpc) is 3.00. The molecule has 0 aliphatic rings. The van der Waals surface area contributed by atoms with E-state index in [1.165, 1.54) is 6.92 Å². The van der Waals surface area contributed by atoms with Crippen LogP contribution in [-0.4, -0.2) is 62.1 Å². The zero-order valence-corrected chi connectivity index (χ0v) is 13.2. The lowest BCUT2D eigenvalue weighted by Crippen LogP contribution is -2.52. The second kappa shape index (κ2) is 8.91. The van der Waals surface area contributed by atoms with Crippen LogP contribution >= 0.6 is 0 Å². The average molecular weight is 360 g/mol. The molecule has 0 radical (unpaired) electrons. The van der Waals surface area contributed by atoms with E-state index in [1.54, 1.807) is 0 Å². The minimum atomic E-state index is -1.57. The van der Waals surface area contributed by atoms with Crippen LogP contribution in [0.15, 0.2) is 4.52 Å². The summed E-state index contributed by atoms with van der Waals surface area (Å²) in [5.74, 6) is -2.51. The molecule has 0 bridgehead atoms. The number of rotatable bonds is 9. The Labute approximate surface area is 141 Å². The van der Waals surface area contributed by atoms with E-state index in [4.69, 9.17) is 26.2 Å². The molecule has 0 saturated heterocycles. The third kappa shape index (κ3) is 5.98. The van der Waals surface area contributed by atoms with Gasteiger partial charge in [-0.05, 0) is 6.92 Å². The maximum atomic E-state index is 11.9. The third-order valence-corrected chi connectivity index (χ3v) is 3.03. The number of nitrogens with zero attached hydrogens (tertiary/aromatic N) is 2. The number of carbonyl (C=O) groups excluding carboxylic acids is 2. The van der Waals surface area contributed by atoms with Crippen molar-refractivity contribution in [1.82, 2.24) is 20.8 Å². The van der Waals surface area contributed by atoms with Gasteiger partial charge in [0.15, 0.2) is 11.9 Å². The molecule has 1 aromatic rings. The van der Waals surface area contributed by atoms with Gasteiger partial charge in [0.25, 0.3) is 0 Å². The highest BCUT2D eigenvalue weighted by Gasteiger charge is 2.28. The van der Waals surface area contributed by atoms with E-state index in [9.17, 15) is 19.5 Å². The van der Waals surface area contributed by atoms with Crippen molar-refractivity contribution in [2.24, 2.45) is 11.5 Å². The number of aromatic nitrogens is 2. The molecule has 25 heavy (non-hydrogen) atoms. The van der Waals surface area contributed by atoms with Crippen LogP contribution in [-0.2, 0) is 9.59 Å². The summed E-state index contributed by atoms with van der Waals surface area (Å²) in [7, 11) is 0. The number of aliphatic hydroxyl groups is 2. The van der Waals surface area contributed by atoms with Crippen LogP contribution in [0.3, 0.4) is 0 Å². The number of carboxylic acid groups (broad SMARTS) is 1. The van der Waals surface area contributed by atoms with Gasteiger partial charge in [-0.25, -0.2) is 9.59 Å². The quantitative estimate of drug-likeness (QED) is 0.238. The highest BCUT2D eigenvalue weighted by atomic mass is 16.5. The van der Waals surface area contributed by atoms with Crippen molar-refractivity contribution in [2.45, 2.75) is 37.6 Å². The molecule has 0 aliphatic heterocycles. The van der Waals surface area contributed by atoms with Crippen LogP contribution < -0.4 is 22.1 Å². The molecule has 0 fully saturated rings. The van der Waals surface area contributed by atoms with Gasteiger partial charge in [0.1, 0.15) is 12.1 Å². The zero-order valence-electron chi connectivity index (χ0n) is 13.2. The predicted molar refractivity (Wildman–Crippen MR) is 79.6 cm³/mol. The number of amides is 3. The summed E-state index contributed by atoms with van der Waals surface area (Å²) in [6, 6.07) is -4.66. The van der Waals surface area contributed by atoms with Crippen molar-refractivity contribution in [3.63, 3.8) is 0 Å². The lowest BCUT2D eigenvalue weighted by atomic mass is 10.1. The molecule has 0 aliphatic carbocycles. The fourth-order valence-electron chi connectivity index (χ4n) is 1.76. The zero-order chi connectivity index (χ0) is 19.1. The Hall–Kier alpha value is -2.77. The van der Waals surface area contributed by atoms with Crippen molar-refractivity contribution >= 4 is 17.9 Å². The maximum absolute atomic E-state index is 11.9. The lowest BCUT2D eigenvalue weighted by Gasteiger charge is -2.20. The highest BCUT2D eigenvalue weighted by molar-refractivity contribution is 5.83. The summed E-state index contributed by atoms with van der Waals surface area (Å²) in [5, 5.41) is 35.1. The van der Waals surface area contributed by atoms with E-state index in [1.807, 2.05) is 5.32 Å². The second-order valence-corrected chi connectivity index (χ2v) is 5.18. The first-order valence-electron chi connectivity index (χ1n) is 7.11. The van der Waals surface area contributed by atoms with Gasteiger partial charge in [0.05, 0.1) is 19.1 Å². The topological polar surface area (TPSA) is 227 Å². The first-order chi connectivity index (χ1) is 11.6.